The van der Waals surface area contributed by atoms with E-state index in [0.29, 0.717) is 23.8 Å². The largest absolute Gasteiger partial charge is 0.489 e. The molecule has 1 atom stereocenters. The van der Waals surface area contributed by atoms with Crippen LogP contribution in [0.1, 0.15) is 57.7 Å². The van der Waals surface area contributed by atoms with Crippen LogP contribution in [-0.2, 0) is 17.4 Å². The highest BCUT2D eigenvalue weighted by atomic mass is 32.1. The highest BCUT2D eigenvalue weighted by Crippen LogP contribution is 2.38. The number of aromatic nitrogens is 3. The number of rotatable bonds is 4. The fourth-order valence-corrected chi connectivity index (χ4v) is 4.56. The molecule has 2 aromatic rings. The molecule has 0 radical (unpaired) electrons. The van der Waals surface area contributed by atoms with Gasteiger partial charge in [0.25, 0.3) is 0 Å². The lowest BCUT2D eigenvalue weighted by Crippen LogP contribution is -2.45. The molecule has 0 spiro atoms. The Bertz CT molecular complexity index is 1010. The zero-order valence-electron chi connectivity index (χ0n) is 17.4. The highest BCUT2D eigenvalue weighted by molar-refractivity contribution is 7.59. The maximum Gasteiger partial charge on any atom is 0.433 e. The normalized spacial score (nSPS) is 22.6. The third kappa shape index (κ3) is 5.24. The molecule has 1 saturated carbocycles. The SMILES string of the molecule is C.C.Cc1nc(CC2CC(Oc3ccc(C(F)(F)F)nc3)C2)nc2c1NC(=O)[C@@H]1CCCN21.S. The predicted molar refractivity (Wildman–Crippen MR) is 130 cm³/mol. The van der Waals surface area contributed by atoms with Gasteiger partial charge in [0.2, 0.25) is 5.91 Å². The van der Waals surface area contributed by atoms with Gasteiger partial charge in [0.05, 0.1) is 18.0 Å². The molecule has 0 unspecified atom stereocenters. The topological polar surface area (TPSA) is 80.2 Å². The van der Waals surface area contributed by atoms with Crippen LogP contribution in [0.15, 0.2) is 18.3 Å². The molecule has 1 aliphatic carbocycles. The number of hydrogen-bond donors (Lipinski definition) is 1. The fraction of sp³-hybridized carbons (Fsp3) is 0.565. The number of amides is 1. The molecule has 7 nitrogen and oxygen atoms in total. The van der Waals surface area contributed by atoms with Crippen LogP contribution in [0.5, 0.6) is 5.75 Å². The molecule has 3 aliphatic rings. The first-order valence-corrected chi connectivity index (χ1v) is 10.4. The number of carbonyl (C=O) groups is 1. The summed E-state index contributed by atoms with van der Waals surface area (Å²) in [7, 11) is 0. The van der Waals surface area contributed by atoms with Crippen molar-refractivity contribution in [3.05, 3.63) is 35.5 Å². The van der Waals surface area contributed by atoms with Crippen molar-refractivity contribution in [3.8, 4) is 5.75 Å². The Morgan fingerprint density at radius 3 is 2.59 bits per heavy atom. The Morgan fingerprint density at radius 1 is 1.21 bits per heavy atom. The number of pyridine rings is 1. The number of alkyl halides is 3. The second-order valence-electron chi connectivity index (χ2n) is 8.42. The summed E-state index contributed by atoms with van der Waals surface area (Å²) in [6.07, 6.45) is 0.682. The van der Waals surface area contributed by atoms with E-state index in [2.05, 4.69) is 20.2 Å². The van der Waals surface area contributed by atoms with Crippen molar-refractivity contribution in [3.63, 3.8) is 0 Å². The molecule has 2 aliphatic heterocycles. The molecule has 0 bridgehead atoms. The van der Waals surface area contributed by atoms with E-state index in [-0.39, 0.29) is 46.4 Å². The van der Waals surface area contributed by atoms with E-state index in [4.69, 9.17) is 9.72 Å². The van der Waals surface area contributed by atoms with Crippen LogP contribution in [0.25, 0.3) is 0 Å². The number of hydrogen-bond acceptors (Lipinski definition) is 6. The minimum Gasteiger partial charge on any atom is -0.489 e. The number of nitrogens with zero attached hydrogens (tertiary/aromatic N) is 4. The number of fused-ring (bicyclic) bond motifs is 3. The van der Waals surface area contributed by atoms with E-state index in [1.165, 1.54) is 6.07 Å². The van der Waals surface area contributed by atoms with Crippen molar-refractivity contribution >= 4 is 30.9 Å². The number of aryl methyl sites for hydroxylation is 1. The molecular weight excluding hydrogens is 467 g/mol. The van der Waals surface area contributed by atoms with E-state index < -0.39 is 11.9 Å². The molecule has 2 aromatic heterocycles. The van der Waals surface area contributed by atoms with Crippen molar-refractivity contribution in [2.75, 3.05) is 16.8 Å². The Kier molecular flexibility index (Phi) is 8.44. The summed E-state index contributed by atoms with van der Waals surface area (Å²) in [6.45, 7) is 2.70. The van der Waals surface area contributed by atoms with E-state index in [1.54, 1.807) is 0 Å². The summed E-state index contributed by atoms with van der Waals surface area (Å²) < 4.78 is 43.6. The van der Waals surface area contributed by atoms with E-state index in [0.717, 1.165) is 61.8 Å². The lowest BCUT2D eigenvalue weighted by atomic mass is 9.80. The minimum absolute atomic E-state index is 0. The quantitative estimate of drug-likeness (QED) is 0.644. The number of halogens is 3. The van der Waals surface area contributed by atoms with Gasteiger partial charge in [0, 0.05) is 13.0 Å². The summed E-state index contributed by atoms with van der Waals surface area (Å²) in [5.74, 6) is 2.26. The van der Waals surface area contributed by atoms with Gasteiger partial charge in [-0.3, -0.25) is 4.79 Å². The fourth-order valence-electron chi connectivity index (χ4n) is 4.56. The Labute approximate surface area is 205 Å². The third-order valence-electron chi connectivity index (χ3n) is 6.19. The van der Waals surface area contributed by atoms with Gasteiger partial charge in [0.1, 0.15) is 29.0 Å². The molecule has 11 heteroatoms. The average Bonchev–Trinajstić information content (AvgIpc) is 3.18. The first-order chi connectivity index (χ1) is 14.8. The molecule has 1 saturated heterocycles. The van der Waals surface area contributed by atoms with Crippen LogP contribution >= 0.6 is 13.5 Å². The van der Waals surface area contributed by atoms with Gasteiger partial charge in [-0.2, -0.15) is 26.7 Å². The van der Waals surface area contributed by atoms with Crippen LogP contribution in [0, 0.1) is 12.8 Å². The first-order valence-electron chi connectivity index (χ1n) is 10.4. The second-order valence-corrected chi connectivity index (χ2v) is 8.42. The van der Waals surface area contributed by atoms with E-state index in [1.807, 2.05) is 6.92 Å². The lowest BCUT2D eigenvalue weighted by Gasteiger charge is -2.36. The second kappa shape index (κ2) is 10.4. The maximum absolute atomic E-state index is 12.6. The first kappa shape index (κ1) is 27.7. The number of carbonyl (C=O) groups excluding carboxylic acids is 1. The van der Waals surface area contributed by atoms with Crippen LogP contribution in [0.2, 0.25) is 0 Å². The van der Waals surface area contributed by atoms with Crippen LogP contribution in [0.4, 0.5) is 24.7 Å². The summed E-state index contributed by atoms with van der Waals surface area (Å²) in [4.78, 5) is 27.1. The van der Waals surface area contributed by atoms with Crippen LogP contribution in [-0.4, -0.2) is 39.5 Å². The van der Waals surface area contributed by atoms with Crippen molar-refractivity contribution in [2.45, 2.75) is 72.2 Å². The minimum atomic E-state index is -4.45. The lowest BCUT2D eigenvalue weighted by molar-refractivity contribution is -0.141. The molecule has 2 fully saturated rings. The number of nitrogens with one attached hydrogen (secondary N) is 1. The zero-order chi connectivity index (χ0) is 21.8. The number of ether oxygens (including phenoxy) is 1. The van der Waals surface area contributed by atoms with Crippen molar-refractivity contribution in [1.82, 2.24) is 15.0 Å². The highest BCUT2D eigenvalue weighted by Gasteiger charge is 2.39. The molecule has 0 aromatic carbocycles. The van der Waals surface area contributed by atoms with Crippen LogP contribution in [0.3, 0.4) is 0 Å². The Morgan fingerprint density at radius 2 is 1.94 bits per heavy atom. The molecule has 5 rings (SSSR count). The number of anilines is 2. The summed E-state index contributed by atoms with van der Waals surface area (Å²) in [5, 5.41) is 2.95. The third-order valence-corrected chi connectivity index (χ3v) is 6.19. The van der Waals surface area contributed by atoms with Crippen molar-refractivity contribution in [1.29, 1.82) is 0 Å². The van der Waals surface area contributed by atoms with Gasteiger partial charge < -0.3 is 15.0 Å². The Hall–Kier alpha value is -2.56. The van der Waals surface area contributed by atoms with Gasteiger partial charge in [-0.05, 0) is 50.7 Å². The smallest absolute Gasteiger partial charge is 0.433 e. The molecule has 188 valence electrons. The predicted octanol–water partition coefficient (Wildman–Crippen LogP) is 4.90. The van der Waals surface area contributed by atoms with Crippen LogP contribution < -0.4 is 15.0 Å². The molecular formula is C23H32F3N5O2S. The van der Waals surface area contributed by atoms with Crippen molar-refractivity contribution in [2.24, 2.45) is 5.92 Å². The van der Waals surface area contributed by atoms with Gasteiger partial charge in [-0.25, -0.2) is 15.0 Å². The molecule has 1 N–H and O–H groups in total. The zero-order valence-corrected chi connectivity index (χ0v) is 18.4. The van der Waals surface area contributed by atoms with Crippen molar-refractivity contribution < 1.29 is 22.7 Å². The van der Waals surface area contributed by atoms with E-state index in [9.17, 15) is 18.0 Å². The van der Waals surface area contributed by atoms with E-state index >= 15 is 0 Å². The van der Waals surface area contributed by atoms with Gasteiger partial charge in [-0.1, -0.05) is 14.9 Å². The summed E-state index contributed by atoms with van der Waals surface area (Å²) >= 11 is 0. The standard InChI is InChI=1S/C21H22F3N5O2.2CH4.H2S/c1-11-18-19(29-6-2-3-15(29)20(30)28-18)27-17(26-11)9-12-7-14(8-12)31-13-4-5-16(25-10-13)21(22,23)24;;;/h4-5,10,12,14-15H,2-3,6-9H2,1H3,(H,28,30);2*1H4;1H2/t12?,14?,15-;;;/m0.../s1. The molecule has 34 heavy (non-hydrogen) atoms. The van der Waals surface area contributed by atoms with Gasteiger partial charge in [0.15, 0.2) is 5.82 Å². The van der Waals surface area contributed by atoms with Gasteiger partial charge >= 0.3 is 6.18 Å². The van der Waals surface area contributed by atoms with Gasteiger partial charge in [-0.15, -0.1) is 0 Å². The summed E-state index contributed by atoms with van der Waals surface area (Å²) in [6, 6.07) is 2.09. The monoisotopic (exact) mass is 499 g/mol. The summed E-state index contributed by atoms with van der Waals surface area (Å²) in [5.41, 5.74) is 0.542. The molecule has 1 amide bonds. The molecule has 4 heterocycles. The Balaban J connectivity index is 0.00000136. The average molecular weight is 500 g/mol. The maximum atomic E-state index is 12.6.